The van der Waals surface area contributed by atoms with Crippen molar-refractivity contribution in [1.29, 1.82) is 0 Å². The van der Waals surface area contributed by atoms with Crippen molar-refractivity contribution in [3.8, 4) is 5.75 Å². The molecule has 0 amide bonds. The molecule has 0 fully saturated rings. The zero-order valence-corrected chi connectivity index (χ0v) is 14.2. The summed E-state index contributed by atoms with van der Waals surface area (Å²) in [5.41, 5.74) is 2.29. The van der Waals surface area contributed by atoms with Gasteiger partial charge in [-0.1, -0.05) is 22.9 Å². The quantitative estimate of drug-likeness (QED) is 0.741. The average molecular weight is 352 g/mol. The molecule has 0 aliphatic heterocycles. The standard InChI is InChI=1S/C16H22BrN3O/c1-3-10-21-16-5-4-14(17)11-13(16)12-18-8-6-15-7-9-20(2)19-15/h4-5,7,9,11,18H,3,6,8,10,12H2,1-2H3. The lowest BCUT2D eigenvalue weighted by Gasteiger charge is -2.12. The number of ether oxygens (including phenoxy) is 1. The molecule has 0 radical (unpaired) electrons. The maximum absolute atomic E-state index is 5.78. The van der Waals surface area contributed by atoms with Crippen molar-refractivity contribution in [3.05, 3.63) is 46.2 Å². The molecule has 0 unspecified atom stereocenters. The Kier molecular flexibility index (Phi) is 6.26. The van der Waals surface area contributed by atoms with Crippen molar-refractivity contribution in [2.45, 2.75) is 26.3 Å². The molecule has 1 aromatic heterocycles. The van der Waals surface area contributed by atoms with Crippen LogP contribution in [-0.2, 0) is 20.0 Å². The second kappa shape index (κ2) is 8.20. The fourth-order valence-electron chi connectivity index (χ4n) is 2.08. The summed E-state index contributed by atoms with van der Waals surface area (Å²) in [6.45, 7) is 4.56. The van der Waals surface area contributed by atoms with Gasteiger partial charge in [0.25, 0.3) is 0 Å². The molecule has 1 aromatic carbocycles. The topological polar surface area (TPSA) is 39.1 Å². The first-order valence-electron chi connectivity index (χ1n) is 7.29. The van der Waals surface area contributed by atoms with E-state index in [1.165, 1.54) is 5.56 Å². The van der Waals surface area contributed by atoms with E-state index in [-0.39, 0.29) is 0 Å². The number of aromatic nitrogens is 2. The SMILES string of the molecule is CCCOc1ccc(Br)cc1CNCCc1ccn(C)n1. The second-order valence-electron chi connectivity index (χ2n) is 5.01. The first-order valence-corrected chi connectivity index (χ1v) is 8.09. The Morgan fingerprint density at radius 1 is 1.33 bits per heavy atom. The van der Waals surface area contributed by atoms with E-state index in [2.05, 4.69) is 45.4 Å². The van der Waals surface area contributed by atoms with Crippen LogP contribution in [0.15, 0.2) is 34.9 Å². The number of hydrogen-bond acceptors (Lipinski definition) is 3. The number of aryl methyl sites for hydroxylation is 1. The van der Waals surface area contributed by atoms with Crippen LogP contribution in [0.4, 0.5) is 0 Å². The molecule has 1 N–H and O–H groups in total. The molecule has 5 heteroatoms. The van der Waals surface area contributed by atoms with Gasteiger partial charge in [0.1, 0.15) is 5.75 Å². The van der Waals surface area contributed by atoms with E-state index in [1.807, 2.05) is 30.1 Å². The number of benzene rings is 1. The largest absolute Gasteiger partial charge is 0.493 e. The van der Waals surface area contributed by atoms with E-state index in [9.17, 15) is 0 Å². The summed E-state index contributed by atoms with van der Waals surface area (Å²) in [6, 6.07) is 8.20. The van der Waals surface area contributed by atoms with Crippen molar-refractivity contribution in [3.63, 3.8) is 0 Å². The molecule has 0 saturated carbocycles. The lowest BCUT2D eigenvalue weighted by atomic mass is 10.2. The predicted molar refractivity (Wildman–Crippen MR) is 88.5 cm³/mol. The Morgan fingerprint density at radius 2 is 2.19 bits per heavy atom. The lowest BCUT2D eigenvalue weighted by Crippen LogP contribution is -2.17. The molecule has 0 bridgehead atoms. The van der Waals surface area contributed by atoms with Crippen LogP contribution < -0.4 is 10.1 Å². The van der Waals surface area contributed by atoms with Crippen molar-refractivity contribution >= 4 is 15.9 Å². The molecule has 0 atom stereocenters. The predicted octanol–water partition coefficient (Wildman–Crippen LogP) is 3.30. The Balaban J connectivity index is 1.85. The highest BCUT2D eigenvalue weighted by atomic mass is 79.9. The van der Waals surface area contributed by atoms with E-state index < -0.39 is 0 Å². The van der Waals surface area contributed by atoms with Crippen LogP contribution in [-0.4, -0.2) is 22.9 Å². The van der Waals surface area contributed by atoms with Gasteiger partial charge >= 0.3 is 0 Å². The van der Waals surface area contributed by atoms with Crippen LogP contribution >= 0.6 is 15.9 Å². The van der Waals surface area contributed by atoms with Crippen LogP contribution in [0.2, 0.25) is 0 Å². The van der Waals surface area contributed by atoms with E-state index >= 15 is 0 Å². The molecule has 0 saturated heterocycles. The molecule has 2 aromatic rings. The first kappa shape index (κ1) is 16.0. The van der Waals surface area contributed by atoms with Crippen LogP contribution in [0, 0.1) is 0 Å². The van der Waals surface area contributed by atoms with Gasteiger partial charge in [-0.05, 0) is 30.7 Å². The summed E-state index contributed by atoms with van der Waals surface area (Å²) in [4.78, 5) is 0. The van der Waals surface area contributed by atoms with Gasteiger partial charge in [-0.15, -0.1) is 0 Å². The van der Waals surface area contributed by atoms with Gasteiger partial charge in [-0.25, -0.2) is 0 Å². The molecular weight excluding hydrogens is 330 g/mol. The number of rotatable bonds is 8. The third-order valence-corrected chi connectivity index (χ3v) is 3.62. The van der Waals surface area contributed by atoms with Crippen molar-refractivity contribution < 1.29 is 4.74 Å². The zero-order valence-electron chi connectivity index (χ0n) is 12.6. The number of hydrogen-bond donors (Lipinski definition) is 1. The van der Waals surface area contributed by atoms with Gasteiger partial charge in [0.15, 0.2) is 0 Å². The maximum atomic E-state index is 5.78. The molecule has 0 aliphatic rings. The van der Waals surface area contributed by atoms with Gasteiger partial charge in [0.2, 0.25) is 0 Å². The Morgan fingerprint density at radius 3 is 2.90 bits per heavy atom. The van der Waals surface area contributed by atoms with E-state index in [4.69, 9.17) is 4.74 Å². The maximum Gasteiger partial charge on any atom is 0.123 e. The fraction of sp³-hybridized carbons (Fsp3) is 0.438. The van der Waals surface area contributed by atoms with Gasteiger partial charge in [-0.3, -0.25) is 4.68 Å². The minimum atomic E-state index is 0.753. The highest BCUT2D eigenvalue weighted by molar-refractivity contribution is 9.10. The van der Waals surface area contributed by atoms with Gasteiger partial charge < -0.3 is 10.1 Å². The van der Waals surface area contributed by atoms with Crippen LogP contribution in [0.25, 0.3) is 0 Å². The summed E-state index contributed by atoms with van der Waals surface area (Å²) in [5.74, 6) is 0.963. The van der Waals surface area contributed by atoms with Crippen LogP contribution in [0.5, 0.6) is 5.75 Å². The summed E-state index contributed by atoms with van der Waals surface area (Å²) < 4.78 is 8.69. The molecule has 1 heterocycles. The number of nitrogens with zero attached hydrogens (tertiary/aromatic N) is 2. The Hall–Kier alpha value is -1.33. The van der Waals surface area contributed by atoms with Crippen LogP contribution in [0.1, 0.15) is 24.6 Å². The highest BCUT2D eigenvalue weighted by Crippen LogP contribution is 2.23. The van der Waals surface area contributed by atoms with E-state index in [0.29, 0.717) is 0 Å². The lowest BCUT2D eigenvalue weighted by molar-refractivity contribution is 0.313. The molecule has 4 nitrogen and oxygen atoms in total. The third kappa shape index (κ3) is 5.17. The summed E-state index contributed by atoms with van der Waals surface area (Å²) in [6.07, 6.45) is 3.92. The first-order chi connectivity index (χ1) is 10.2. The monoisotopic (exact) mass is 351 g/mol. The van der Waals surface area contributed by atoms with Crippen molar-refractivity contribution in [2.75, 3.05) is 13.2 Å². The summed E-state index contributed by atoms with van der Waals surface area (Å²) in [5, 5.41) is 7.83. The minimum Gasteiger partial charge on any atom is -0.493 e. The number of halogens is 1. The summed E-state index contributed by atoms with van der Waals surface area (Å²) >= 11 is 3.52. The minimum absolute atomic E-state index is 0.753. The molecular formula is C16H22BrN3O. The average Bonchev–Trinajstić information content (AvgIpc) is 2.88. The van der Waals surface area contributed by atoms with E-state index in [0.717, 1.165) is 48.5 Å². The van der Waals surface area contributed by atoms with Gasteiger partial charge in [-0.2, -0.15) is 5.10 Å². The van der Waals surface area contributed by atoms with Crippen molar-refractivity contribution in [2.24, 2.45) is 7.05 Å². The Labute approximate surface area is 134 Å². The Bertz CT molecular complexity index is 568. The van der Waals surface area contributed by atoms with E-state index in [1.54, 1.807) is 0 Å². The zero-order chi connectivity index (χ0) is 15.1. The normalized spacial score (nSPS) is 10.8. The highest BCUT2D eigenvalue weighted by Gasteiger charge is 2.05. The molecule has 21 heavy (non-hydrogen) atoms. The molecule has 0 aliphatic carbocycles. The molecule has 114 valence electrons. The molecule has 0 spiro atoms. The summed E-state index contributed by atoms with van der Waals surface area (Å²) in [7, 11) is 1.94. The van der Waals surface area contributed by atoms with Crippen molar-refractivity contribution in [1.82, 2.24) is 15.1 Å². The smallest absolute Gasteiger partial charge is 0.123 e. The third-order valence-electron chi connectivity index (χ3n) is 3.13. The van der Waals surface area contributed by atoms with Crippen LogP contribution in [0.3, 0.4) is 0 Å². The fourth-order valence-corrected chi connectivity index (χ4v) is 2.48. The van der Waals surface area contributed by atoms with Gasteiger partial charge in [0, 0.05) is 42.8 Å². The molecule has 2 rings (SSSR count). The van der Waals surface area contributed by atoms with Gasteiger partial charge in [0.05, 0.1) is 12.3 Å². The second-order valence-corrected chi connectivity index (χ2v) is 5.92. The number of nitrogens with one attached hydrogen (secondary N) is 1.